The topological polar surface area (TPSA) is 27.7 Å². The largest absolute Gasteiger partial charge is 0.324 e. The minimum atomic E-state index is -0.823. The van der Waals surface area contributed by atoms with Crippen molar-refractivity contribution >= 4 is 7.92 Å². The van der Waals surface area contributed by atoms with Crippen LogP contribution in [-0.2, 0) is 14.2 Å². The molecule has 0 bridgehead atoms. The molecule has 0 heterocycles. The lowest BCUT2D eigenvalue weighted by Gasteiger charge is -2.43. The van der Waals surface area contributed by atoms with Gasteiger partial charge in [-0.05, 0) is 40.0 Å². The highest BCUT2D eigenvalue weighted by molar-refractivity contribution is 7.60. The second kappa shape index (κ2) is 8.42. The molecular formula is C13H29O3P. The van der Waals surface area contributed by atoms with Gasteiger partial charge in [0.15, 0.2) is 0 Å². The molecule has 0 saturated heterocycles. The molecule has 0 aromatic rings. The Kier molecular flexibility index (Phi) is 8.57. The van der Waals surface area contributed by atoms with Gasteiger partial charge >= 0.3 is 5.71 Å². The summed E-state index contributed by atoms with van der Waals surface area (Å²) in [6, 6.07) is 0. The Morgan fingerprint density at radius 1 is 0.765 bits per heavy atom. The van der Waals surface area contributed by atoms with Crippen LogP contribution in [-0.4, -0.2) is 36.9 Å². The van der Waals surface area contributed by atoms with Crippen LogP contribution in [0.5, 0.6) is 0 Å². The lowest BCUT2D eigenvalue weighted by Crippen LogP contribution is -2.41. The smallest absolute Gasteiger partial charge is 0.301 e. The molecule has 0 saturated carbocycles. The monoisotopic (exact) mass is 264 g/mol. The third-order valence-electron chi connectivity index (χ3n) is 2.41. The molecule has 0 atom stereocenters. The molecule has 0 amide bonds. The summed E-state index contributed by atoms with van der Waals surface area (Å²) in [7, 11) is -0.511. The SMILES string of the molecule is CCOC(OCC)(OCC)P(C(C)C)C(C)C. The molecule has 17 heavy (non-hydrogen) atoms. The third-order valence-corrected chi connectivity index (χ3v) is 5.65. The molecule has 0 radical (unpaired) electrons. The van der Waals surface area contributed by atoms with Crippen LogP contribution < -0.4 is 0 Å². The average Bonchev–Trinajstić information content (AvgIpc) is 2.17. The summed E-state index contributed by atoms with van der Waals surface area (Å²) in [5.74, 6) is 0. The Bertz CT molecular complexity index is 170. The molecule has 104 valence electrons. The van der Waals surface area contributed by atoms with E-state index in [2.05, 4.69) is 27.7 Å². The van der Waals surface area contributed by atoms with Crippen molar-refractivity contribution in [2.24, 2.45) is 0 Å². The van der Waals surface area contributed by atoms with Crippen molar-refractivity contribution in [1.29, 1.82) is 0 Å². The van der Waals surface area contributed by atoms with Crippen molar-refractivity contribution in [2.75, 3.05) is 19.8 Å². The van der Waals surface area contributed by atoms with E-state index in [-0.39, 0.29) is 0 Å². The fourth-order valence-corrected chi connectivity index (χ4v) is 5.42. The summed E-state index contributed by atoms with van der Waals surface area (Å²) in [5, 5.41) is 0. The molecule has 0 aliphatic rings. The Morgan fingerprint density at radius 2 is 1.06 bits per heavy atom. The predicted molar refractivity (Wildman–Crippen MR) is 74.8 cm³/mol. The fourth-order valence-electron chi connectivity index (χ4n) is 2.12. The van der Waals surface area contributed by atoms with Gasteiger partial charge in [0, 0.05) is 19.8 Å². The predicted octanol–water partition coefficient (Wildman–Crippen LogP) is 4.01. The van der Waals surface area contributed by atoms with Crippen LogP contribution in [0.15, 0.2) is 0 Å². The van der Waals surface area contributed by atoms with Gasteiger partial charge in [0.2, 0.25) is 0 Å². The van der Waals surface area contributed by atoms with Crippen LogP contribution in [0.3, 0.4) is 0 Å². The van der Waals surface area contributed by atoms with Crippen molar-refractivity contribution in [3.63, 3.8) is 0 Å². The zero-order valence-electron chi connectivity index (χ0n) is 12.4. The number of ether oxygens (including phenoxy) is 3. The van der Waals surface area contributed by atoms with Crippen molar-refractivity contribution < 1.29 is 14.2 Å². The van der Waals surface area contributed by atoms with E-state index in [4.69, 9.17) is 14.2 Å². The highest BCUT2D eigenvalue weighted by atomic mass is 31.1. The van der Waals surface area contributed by atoms with Crippen LogP contribution in [0.2, 0.25) is 0 Å². The molecule has 0 aromatic heterocycles. The molecular weight excluding hydrogens is 235 g/mol. The first-order chi connectivity index (χ1) is 7.95. The molecule has 0 aromatic carbocycles. The van der Waals surface area contributed by atoms with E-state index in [1.807, 2.05) is 20.8 Å². The van der Waals surface area contributed by atoms with Gasteiger partial charge in [0.25, 0.3) is 0 Å². The van der Waals surface area contributed by atoms with E-state index in [0.29, 0.717) is 31.1 Å². The van der Waals surface area contributed by atoms with E-state index in [0.717, 1.165) is 0 Å². The molecule has 0 unspecified atom stereocenters. The van der Waals surface area contributed by atoms with Crippen molar-refractivity contribution in [1.82, 2.24) is 0 Å². The van der Waals surface area contributed by atoms with E-state index in [1.54, 1.807) is 0 Å². The minimum Gasteiger partial charge on any atom is -0.324 e. The van der Waals surface area contributed by atoms with Gasteiger partial charge in [-0.1, -0.05) is 27.7 Å². The van der Waals surface area contributed by atoms with Gasteiger partial charge in [-0.25, -0.2) is 0 Å². The Labute approximate surface area is 108 Å². The normalized spacial score (nSPS) is 13.1. The first-order valence-corrected chi connectivity index (χ1v) is 8.13. The molecule has 0 fully saturated rings. The van der Waals surface area contributed by atoms with E-state index in [1.165, 1.54) is 0 Å². The molecule has 4 heteroatoms. The van der Waals surface area contributed by atoms with Gasteiger partial charge in [0.05, 0.1) is 0 Å². The summed E-state index contributed by atoms with van der Waals surface area (Å²) >= 11 is 0. The average molecular weight is 264 g/mol. The summed E-state index contributed by atoms with van der Waals surface area (Å²) in [6.07, 6.45) is 0. The second-order valence-electron chi connectivity index (χ2n) is 4.42. The number of hydrogen-bond acceptors (Lipinski definition) is 3. The van der Waals surface area contributed by atoms with Crippen LogP contribution in [0.4, 0.5) is 0 Å². The molecule has 0 rings (SSSR count). The Balaban J connectivity index is 5.17. The summed E-state index contributed by atoms with van der Waals surface area (Å²) in [5.41, 5.74) is 0.194. The van der Waals surface area contributed by atoms with Gasteiger partial charge in [-0.3, -0.25) is 0 Å². The standard InChI is InChI=1S/C13H29O3P/c1-8-14-13(15-9-2,16-10-3)17(11(4)5)12(6)7/h11-12H,8-10H2,1-7H3. The van der Waals surface area contributed by atoms with E-state index < -0.39 is 13.6 Å². The van der Waals surface area contributed by atoms with Gasteiger partial charge in [-0.15, -0.1) is 0 Å². The molecule has 3 nitrogen and oxygen atoms in total. The first kappa shape index (κ1) is 17.3. The number of hydrogen-bond donors (Lipinski definition) is 0. The maximum Gasteiger partial charge on any atom is 0.301 e. The first-order valence-electron chi connectivity index (χ1n) is 6.65. The lowest BCUT2D eigenvalue weighted by atomic mass is 10.5. The summed E-state index contributed by atoms with van der Waals surface area (Å²) in [4.78, 5) is 0. The Morgan fingerprint density at radius 3 is 1.24 bits per heavy atom. The zero-order chi connectivity index (χ0) is 13.5. The van der Waals surface area contributed by atoms with Crippen molar-refractivity contribution in [2.45, 2.75) is 65.5 Å². The van der Waals surface area contributed by atoms with Crippen LogP contribution in [0.25, 0.3) is 0 Å². The van der Waals surface area contributed by atoms with Gasteiger partial charge in [-0.2, -0.15) is 0 Å². The molecule has 0 aliphatic carbocycles. The quantitative estimate of drug-likeness (QED) is 0.465. The minimum absolute atomic E-state index is 0.509. The van der Waals surface area contributed by atoms with E-state index >= 15 is 0 Å². The number of rotatable bonds is 9. The molecule has 0 aliphatic heterocycles. The van der Waals surface area contributed by atoms with Gasteiger partial charge in [0.1, 0.15) is 0 Å². The maximum atomic E-state index is 5.88. The van der Waals surface area contributed by atoms with E-state index in [9.17, 15) is 0 Å². The van der Waals surface area contributed by atoms with Crippen molar-refractivity contribution in [3.8, 4) is 0 Å². The van der Waals surface area contributed by atoms with Crippen molar-refractivity contribution in [3.05, 3.63) is 0 Å². The van der Waals surface area contributed by atoms with Gasteiger partial charge < -0.3 is 14.2 Å². The molecule has 0 spiro atoms. The van der Waals surface area contributed by atoms with Crippen LogP contribution in [0.1, 0.15) is 48.5 Å². The third kappa shape index (κ3) is 4.82. The van der Waals surface area contributed by atoms with Crippen LogP contribution >= 0.6 is 7.92 Å². The second-order valence-corrected chi connectivity index (χ2v) is 7.85. The Hall–Kier alpha value is 0.310. The highest BCUT2D eigenvalue weighted by Crippen LogP contribution is 2.58. The molecule has 0 N–H and O–H groups in total. The summed E-state index contributed by atoms with van der Waals surface area (Å²) in [6.45, 7) is 16.7. The zero-order valence-corrected chi connectivity index (χ0v) is 13.3. The highest BCUT2D eigenvalue weighted by Gasteiger charge is 2.45. The lowest BCUT2D eigenvalue weighted by molar-refractivity contribution is -0.318. The maximum absolute atomic E-state index is 5.88. The van der Waals surface area contributed by atoms with Crippen LogP contribution in [0, 0.1) is 0 Å². The summed E-state index contributed by atoms with van der Waals surface area (Å²) < 4.78 is 17.6. The fraction of sp³-hybridized carbons (Fsp3) is 1.00.